The van der Waals surface area contributed by atoms with Crippen molar-refractivity contribution in [2.45, 2.75) is 23.7 Å². The molecule has 3 aromatic rings. The molecule has 4 rings (SSSR count). The number of primary sulfonamides is 1. The average molecular weight is 498 g/mol. The molecule has 2 N–H and O–H groups in total. The number of rotatable bonds is 5. The van der Waals surface area contributed by atoms with Crippen LogP contribution < -0.4 is 5.14 Å². The van der Waals surface area contributed by atoms with Crippen molar-refractivity contribution in [2.75, 3.05) is 13.1 Å². The fourth-order valence-corrected chi connectivity index (χ4v) is 5.16. The van der Waals surface area contributed by atoms with Crippen LogP contribution in [0.2, 0.25) is 5.02 Å². The van der Waals surface area contributed by atoms with E-state index in [4.69, 9.17) is 16.7 Å². The number of thiazole rings is 1. The Morgan fingerprint density at radius 2 is 1.59 bits per heavy atom. The lowest BCUT2D eigenvalue weighted by molar-refractivity contribution is -0.157. The molecule has 0 unspecified atom stereocenters. The van der Waals surface area contributed by atoms with Crippen molar-refractivity contribution in [1.82, 2.24) is 9.88 Å². The number of halogens is 3. The summed E-state index contributed by atoms with van der Waals surface area (Å²) in [4.78, 5) is 18.1. The van der Waals surface area contributed by atoms with E-state index in [0.717, 1.165) is 4.90 Å². The Morgan fingerprint density at radius 3 is 2.16 bits per heavy atom. The van der Waals surface area contributed by atoms with Crippen molar-refractivity contribution in [1.29, 1.82) is 0 Å². The third-order valence-corrected chi connectivity index (χ3v) is 7.48. The number of benzene rings is 2. The highest BCUT2D eigenvalue weighted by molar-refractivity contribution is 7.89. The minimum Gasteiger partial charge on any atom is -0.337 e. The van der Waals surface area contributed by atoms with Gasteiger partial charge in [-0.3, -0.25) is 4.79 Å². The Kier molecular flexibility index (Phi) is 6.06. The van der Waals surface area contributed by atoms with Crippen molar-refractivity contribution in [2.24, 2.45) is 5.14 Å². The second kappa shape index (κ2) is 8.51. The molecule has 11 heteroatoms. The maximum absolute atomic E-state index is 15.2. The van der Waals surface area contributed by atoms with Crippen LogP contribution in [-0.2, 0) is 20.7 Å². The predicted octanol–water partition coefficient (Wildman–Crippen LogP) is 4.49. The van der Waals surface area contributed by atoms with E-state index in [-0.39, 0.29) is 10.6 Å². The summed E-state index contributed by atoms with van der Waals surface area (Å²) in [5.41, 5.74) is 1.25. The van der Waals surface area contributed by atoms with Crippen LogP contribution in [0.4, 0.5) is 8.78 Å². The summed E-state index contributed by atoms with van der Waals surface area (Å²) in [6.07, 6.45) is 1.38. The summed E-state index contributed by atoms with van der Waals surface area (Å²) >= 11 is 6.65. The molecule has 1 amide bonds. The van der Waals surface area contributed by atoms with Crippen LogP contribution in [0.3, 0.4) is 0 Å². The van der Waals surface area contributed by atoms with Gasteiger partial charge in [0.15, 0.2) is 5.01 Å². The van der Waals surface area contributed by atoms with Crippen molar-refractivity contribution >= 4 is 38.9 Å². The molecule has 0 atom stereocenters. The monoisotopic (exact) mass is 497 g/mol. The maximum atomic E-state index is 15.2. The first kappa shape index (κ1) is 22.8. The van der Waals surface area contributed by atoms with E-state index in [9.17, 15) is 13.2 Å². The van der Waals surface area contributed by atoms with Gasteiger partial charge in [-0.1, -0.05) is 35.9 Å². The Hall–Kier alpha value is -2.40. The maximum Gasteiger partial charge on any atom is 0.375 e. The number of carbonyl (C=O) groups excluding carboxylic acids is 1. The fraction of sp³-hybridized carbons (Fsp3) is 0.238. The molecule has 0 saturated carbocycles. The summed E-state index contributed by atoms with van der Waals surface area (Å²) in [5, 5.41) is 4.99. The Morgan fingerprint density at radius 1 is 1.03 bits per heavy atom. The molecule has 1 aromatic heterocycles. The molecule has 1 aliphatic rings. The molecule has 0 aliphatic carbocycles. The van der Waals surface area contributed by atoms with Gasteiger partial charge in [-0.25, -0.2) is 18.5 Å². The van der Waals surface area contributed by atoms with Crippen LogP contribution in [0.1, 0.15) is 17.8 Å². The molecule has 1 aliphatic heterocycles. The number of nitrogens with zero attached hydrogens (tertiary/aromatic N) is 2. The predicted molar refractivity (Wildman–Crippen MR) is 119 cm³/mol. The van der Waals surface area contributed by atoms with Gasteiger partial charge in [0, 0.05) is 23.7 Å². The van der Waals surface area contributed by atoms with Gasteiger partial charge in [0.2, 0.25) is 10.0 Å². The van der Waals surface area contributed by atoms with E-state index in [1.54, 1.807) is 24.3 Å². The van der Waals surface area contributed by atoms with Crippen LogP contribution in [0.25, 0.3) is 21.7 Å². The van der Waals surface area contributed by atoms with Crippen molar-refractivity contribution in [3.63, 3.8) is 0 Å². The number of nitrogens with two attached hydrogens (primary N) is 1. The molecule has 32 heavy (non-hydrogen) atoms. The van der Waals surface area contributed by atoms with E-state index < -0.39 is 26.9 Å². The van der Waals surface area contributed by atoms with E-state index >= 15 is 8.78 Å². The summed E-state index contributed by atoms with van der Waals surface area (Å²) in [7, 11) is -3.90. The number of sulfonamides is 1. The van der Waals surface area contributed by atoms with Crippen molar-refractivity contribution < 1.29 is 22.0 Å². The zero-order chi connectivity index (χ0) is 23.1. The van der Waals surface area contributed by atoms with Gasteiger partial charge >= 0.3 is 11.8 Å². The van der Waals surface area contributed by atoms with Crippen molar-refractivity contribution in [3.8, 4) is 21.7 Å². The molecule has 0 bridgehead atoms. The third kappa shape index (κ3) is 4.40. The van der Waals surface area contributed by atoms with Gasteiger partial charge in [-0.15, -0.1) is 11.3 Å². The summed E-state index contributed by atoms with van der Waals surface area (Å²) < 4.78 is 53.4. The molecule has 1 saturated heterocycles. The van der Waals surface area contributed by atoms with Crippen LogP contribution in [0, 0.1) is 0 Å². The van der Waals surface area contributed by atoms with Crippen LogP contribution in [0.5, 0.6) is 0 Å². The minimum atomic E-state index is -3.90. The summed E-state index contributed by atoms with van der Waals surface area (Å²) in [6.45, 7) is 0.595. The molecule has 168 valence electrons. The molecule has 0 spiro atoms. The third-order valence-electron chi connectivity index (χ3n) is 5.12. The second-order valence-corrected chi connectivity index (χ2v) is 10.3. The highest BCUT2D eigenvalue weighted by Crippen LogP contribution is 2.43. The van der Waals surface area contributed by atoms with Gasteiger partial charge < -0.3 is 4.90 Å². The van der Waals surface area contributed by atoms with E-state index in [0.29, 0.717) is 58.3 Å². The van der Waals surface area contributed by atoms with Gasteiger partial charge in [-0.2, -0.15) is 8.78 Å². The standard InChI is InChI=1S/C21H18ClF2N3O3S2/c22-15-7-3-13(4-8-15)17-18(14-5-9-16(10-6-14)32(25,29)30)31-19(26-17)21(23,24)20(28)27-11-1-2-12-27/h3-10H,1-2,11-12H2,(H2,25,29,30). The lowest BCUT2D eigenvalue weighted by Crippen LogP contribution is -2.40. The Balaban J connectivity index is 1.82. The first-order valence-corrected chi connectivity index (χ1v) is 12.4. The minimum absolute atomic E-state index is 0.103. The van der Waals surface area contributed by atoms with E-state index in [1.807, 2.05) is 0 Å². The number of amides is 1. The first-order chi connectivity index (χ1) is 15.1. The molecule has 0 radical (unpaired) electrons. The molecular formula is C21H18ClF2N3O3S2. The number of hydrogen-bond acceptors (Lipinski definition) is 5. The van der Waals surface area contributed by atoms with Gasteiger partial charge in [-0.05, 0) is 42.7 Å². The highest BCUT2D eigenvalue weighted by atomic mass is 35.5. The quantitative estimate of drug-likeness (QED) is 0.562. The molecular weight excluding hydrogens is 480 g/mol. The average Bonchev–Trinajstić information content (AvgIpc) is 3.44. The number of likely N-dealkylation sites (tertiary alicyclic amines) is 1. The zero-order valence-corrected chi connectivity index (χ0v) is 19.0. The van der Waals surface area contributed by atoms with Crippen molar-refractivity contribution in [3.05, 3.63) is 58.6 Å². The Labute approximate surface area is 192 Å². The number of carbonyl (C=O) groups is 1. The summed E-state index contributed by atoms with van der Waals surface area (Å²) in [6, 6.07) is 12.0. The van der Waals surface area contributed by atoms with E-state index in [1.165, 1.54) is 24.3 Å². The lowest BCUT2D eigenvalue weighted by atomic mass is 10.1. The van der Waals surface area contributed by atoms with Gasteiger partial charge in [0.05, 0.1) is 15.5 Å². The fourth-order valence-electron chi connectivity index (χ4n) is 3.46. The molecule has 2 aromatic carbocycles. The Bertz CT molecular complexity index is 1250. The van der Waals surface area contributed by atoms with Crippen LogP contribution in [0.15, 0.2) is 53.4 Å². The van der Waals surface area contributed by atoms with Crippen LogP contribution in [-0.4, -0.2) is 37.3 Å². The van der Waals surface area contributed by atoms with Gasteiger partial charge in [0.1, 0.15) is 0 Å². The van der Waals surface area contributed by atoms with E-state index in [2.05, 4.69) is 4.98 Å². The second-order valence-electron chi connectivity index (χ2n) is 7.35. The molecule has 1 fully saturated rings. The number of aromatic nitrogens is 1. The van der Waals surface area contributed by atoms with Crippen LogP contribution >= 0.6 is 22.9 Å². The smallest absolute Gasteiger partial charge is 0.337 e. The summed E-state index contributed by atoms with van der Waals surface area (Å²) in [5.74, 6) is -5.04. The SMILES string of the molecule is NS(=O)(=O)c1ccc(-c2sc(C(F)(F)C(=O)N3CCCC3)nc2-c2ccc(Cl)cc2)cc1. The zero-order valence-electron chi connectivity index (χ0n) is 16.6. The molecule has 2 heterocycles. The molecule has 6 nitrogen and oxygen atoms in total. The topological polar surface area (TPSA) is 93.4 Å². The first-order valence-electron chi connectivity index (χ1n) is 9.65. The normalized spacial score (nSPS) is 14.7. The number of hydrogen-bond donors (Lipinski definition) is 1. The number of alkyl halides is 2. The lowest BCUT2D eigenvalue weighted by Gasteiger charge is -2.20. The highest BCUT2D eigenvalue weighted by Gasteiger charge is 2.48. The van der Waals surface area contributed by atoms with Gasteiger partial charge in [0.25, 0.3) is 0 Å². The largest absolute Gasteiger partial charge is 0.375 e.